The molecule has 0 saturated carbocycles. The minimum atomic E-state index is 0.211. The van der Waals surface area contributed by atoms with Gasteiger partial charge in [-0.3, -0.25) is 0 Å². The lowest BCUT2D eigenvalue weighted by Crippen LogP contribution is -2.04. The van der Waals surface area contributed by atoms with Gasteiger partial charge in [-0.25, -0.2) is 9.97 Å². The van der Waals surface area contributed by atoms with Gasteiger partial charge in [0.25, 0.3) is 0 Å². The topological polar surface area (TPSA) is 47.0 Å². The molecule has 0 atom stereocenters. The molecule has 0 saturated heterocycles. The monoisotopic (exact) mass is 311 g/mol. The molecule has 1 aromatic heterocycles. The Bertz CT molecular complexity index is 597. The zero-order valence-electron chi connectivity index (χ0n) is 11.4. The van der Waals surface area contributed by atoms with Crippen molar-refractivity contribution in [1.29, 1.82) is 0 Å². The van der Waals surface area contributed by atoms with Gasteiger partial charge in [0.1, 0.15) is 17.9 Å². The minimum absolute atomic E-state index is 0.211. The molecule has 6 heteroatoms. The van der Waals surface area contributed by atoms with Gasteiger partial charge in [-0.15, -0.1) is 0 Å². The van der Waals surface area contributed by atoms with Crippen LogP contribution in [0.15, 0.2) is 24.5 Å². The minimum Gasteiger partial charge on any atom is -0.438 e. The summed E-state index contributed by atoms with van der Waals surface area (Å²) in [4.78, 5) is 8.41. The fourth-order valence-corrected chi connectivity index (χ4v) is 2.39. The smallest absolute Gasteiger partial charge is 0.227 e. The van der Waals surface area contributed by atoms with Crippen LogP contribution in [-0.2, 0) is 0 Å². The molecule has 0 spiro atoms. The Labute approximate surface area is 128 Å². The first-order chi connectivity index (χ1) is 9.51. The maximum Gasteiger partial charge on any atom is 0.227 e. The number of nitrogens with zero attached hydrogens (tertiary/aromatic N) is 2. The van der Waals surface area contributed by atoms with Crippen LogP contribution in [0.5, 0.6) is 11.6 Å². The van der Waals surface area contributed by atoms with E-state index in [4.69, 9.17) is 27.9 Å². The van der Waals surface area contributed by atoms with Crippen molar-refractivity contribution < 1.29 is 4.74 Å². The second-order valence-corrected chi connectivity index (χ2v) is 5.43. The first-order valence-corrected chi connectivity index (χ1v) is 6.93. The largest absolute Gasteiger partial charge is 0.438 e. The Morgan fingerprint density at radius 1 is 1.10 bits per heavy atom. The standard InChI is InChI=1S/C14H15Cl2N3O/c1-8(2)12-13(17-3)18-7-19-14(12)20-11-5-9(15)4-10(16)6-11/h4-8H,1-3H3,(H,17,18,19). The van der Waals surface area contributed by atoms with Crippen LogP contribution < -0.4 is 10.1 Å². The number of ether oxygens (including phenoxy) is 1. The predicted octanol–water partition coefficient (Wildman–Crippen LogP) is 4.74. The lowest BCUT2D eigenvalue weighted by atomic mass is 10.1. The lowest BCUT2D eigenvalue weighted by Gasteiger charge is -2.15. The summed E-state index contributed by atoms with van der Waals surface area (Å²) in [5.41, 5.74) is 0.908. The van der Waals surface area contributed by atoms with Crippen molar-refractivity contribution in [1.82, 2.24) is 9.97 Å². The van der Waals surface area contributed by atoms with Gasteiger partial charge in [0, 0.05) is 17.1 Å². The molecule has 0 aliphatic rings. The summed E-state index contributed by atoms with van der Waals surface area (Å²) < 4.78 is 5.81. The van der Waals surface area contributed by atoms with Crippen LogP contribution in [0.4, 0.5) is 5.82 Å². The maximum absolute atomic E-state index is 5.97. The van der Waals surface area contributed by atoms with Crippen LogP contribution in [0, 0.1) is 0 Å². The Kier molecular flexibility index (Phi) is 4.68. The van der Waals surface area contributed by atoms with Crippen molar-refractivity contribution in [2.24, 2.45) is 0 Å². The zero-order chi connectivity index (χ0) is 14.7. The third kappa shape index (κ3) is 3.32. The number of hydrogen-bond acceptors (Lipinski definition) is 4. The van der Waals surface area contributed by atoms with E-state index in [-0.39, 0.29) is 5.92 Å². The van der Waals surface area contributed by atoms with Crippen LogP contribution in [0.3, 0.4) is 0 Å². The second kappa shape index (κ2) is 6.29. The maximum atomic E-state index is 5.97. The first kappa shape index (κ1) is 14.9. The molecular formula is C14H15Cl2N3O. The van der Waals surface area contributed by atoms with Gasteiger partial charge < -0.3 is 10.1 Å². The van der Waals surface area contributed by atoms with E-state index in [9.17, 15) is 0 Å². The van der Waals surface area contributed by atoms with E-state index in [1.54, 1.807) is 18.2 Å². The molecule has 0 amide bonds. The summed E-state index contributed by atoms with van der Waals surface area (Å²) >= 11 is 11.9. The number of benzene rings is 1. The van der Waals surface area contributed by atoms with Crippen LogP contribution in [0.2, 0.25) is 10.0 Å². The Hall–Kier alpha value is -1.52. The van der Waals surface area contributed by atoms with Crippen molar-refractivity contribution >= 4 is 29.0 Å². The summed E-state index contributed by atoms with van der Waals surface area (Å²) in [7, 11) is 1.81. The number of nitrogens with one attached hydrogen (secondary N) is 1. The molecule has 0 aliphatic heterocycles. The van der Waals surface area contributed by atoms with Crippen LogP contribution >= 0.6 is 23.2 Å². The van der Waals surface area contributed by atoms with Gasteiger partial charge >= 0.3 is 0 Å². The van der Waals surface area contributed by atoms with Gasteiger partial charge in [0.2, 0.25) is 5.88 Å². The van der Waals surface area contributed by atoms with Gasteiger partial charge in [-0.2, -0.15) is 0 Å². The Morgan fingerprint density at radius 2 is 1.75 bits per heavy atom. The molecule has 1 heterocycles. The molecule has 0 aliphatic carbocycles. The predicted molar refractivity (Wildman–Crippen MR) is 82.2 cm³/mol. The molecular weight excluding hydrogens is 297 g/mol. The quantitative estimate of drug-likeness (QED) is 0.885. The van der Waals surface area contributed by atoms with Crippen molar-refractivity contribution in [3.63, 3.8) is 0 Å². The van der Waals surface area contributed by atoms with E-state index in [1.165, 1.54) is 6.33 Å². The molecule has 106 valence electrons. The summed E-state index contributed by atoms with van der Waals surface area (Å²) in [6.07, 6.45) is 1.46. The van der Waals surface area contributed by atoms with Crippen molar-refractivity contribution in [3.8, 4) is 11.6 Å². The number of anilines is 1. The van der Waals surface area contributed by atoms with Gasteiger partial charge in [-0.1, -0.05) is 37.0 Å². The third-order valence-corrected chi connectivity index (χ3v) is 3.15. The number of aromatic nitrogens is 2. The molecule has 1 aromatic carbocycles. The second-order valence-electron chi connectivity index (χ2n) is 4.55. The summed E-state index contributed by atoms with van der Waals surface area (Å²) in [6, 6.07) is 5.04. The summed E-state index contributed by atoms with van der Waals surface area (Å²) in [5.74, 6) is 2.00. The number of rotatable bonds is 4. The summed E-state index contributed by atoms with van der Waals surface area (Å²) in [6.45, 7) is 4.11. The highest BCUT2D eigenvalue weighted by Gasteiger charge is 2.16. The van der Waals surface area contributed by atoms with Crippen LogP contribution in [0.25, 0.3) is 0 Å². The highest BCUT2D eigenvalue weighted by molar-refractivity contribution is 6.34. The molecule has 0 bridgehead atoms. The Balaban J connectivity index is 2.42. The highest BCUT2D eigenvalue weighted by Crippen LogP contribution is 2.34. The Morgan fingerprint density at radius 3 is 2.30 bits per heavy atom. The van der Waals surface area contributed by atoms with Crippen molar-refractivity contribution in [3.05, 3.63) is 40.1 Å². The third-order valence-electron chi connectivity index (χ3n) is 2.71. The highest BCUT2D eigenvalue weighted by atomic mass is 35.5. The zero-order valence-corrected chi connectivity index (χ0v) is 13.0. The molecule has 4 nitrogen and oxygen atoms in total. The van der Waals surface area contributed by atoms with Gasteiger partial charge in [0.05, 0.1) is 5.56 Å². The molecule has 0 fully saturated rings. The average molecular weight is 312 g/mol. The molecule has 0 unspecified atom stereocenters. The number of halogens is 2. The van der Waals surface area contributed by atoms with E-state index >= 15 is 0 Å². The normalized spacial score (nSPS) is 10.7. The summed E-state index contributed by atoms with van der Waals surface area (Å²) in [5, 5.41) is 4.07. The number of hydrogen-bond donors (Lipinski definition) is 1. The molecule has 1 N–H and O–H groups in total. The molecule has 2 rings (SSSR count). The SMILES string of the molecule is CNc1ncnc(Oc2cc(Cl)cc(Cl)c2)c1C(C)C. The van der Waals surface area contributed by atoms with Crippen LogP contribution in [-0.4, -0.2) is 17.0 Å². The van der Waals surface area contributed by atoms with Crippen molar-refractivity contribution in [2.75, 3.05) is 12.4 Å². The fraction of sp³-hybridized carbons (Fsp3) is 0.286. The van der Waals surface area contributed by atoms with E-state index in [1.807, 2.05) is 7.05 Å². The lowest BCUT2D eigenvalue weighted by molar-refractivity contribution is 0.452. The van der Waals surface area contributed by atoms with Crippen LogP contribution in [0.1, 0.15) is 25.3 Å². The molecule has 0 radical (unpaired) electrons. The van der Waals surface area contributed by atoms with E-state index < -0.39 is 0 Å². The van der Waals surface area contributed by atoms with Gasteiger partial charge in [0.15, 0.2) is 0 Å². The first-order valence-electron chi connectivity index (χ1n) is 6.18. The fourth-order valence-electron chi connectivity index (χ4n) is 1.88. The molecule has 2 aromatic rings. The van der Waals surface area contributed by atoms with E-state index in [0.29, 0.717) is 21.7 Å². The van der Waals surface area contributed by atoms with E-state index in [2.05, 4.69) is 29.1 Å². The van der Waals surface area contributed by atoms with E-state index in [0.717, 1.165) is 11.4 Å². The average Bonchev–Trinajstić information content (AvgIpc) is 2.36. The molecule has 20 heavy (non-hydrogen) atoms. The van der Waals surface area contributed by atoms with Gasteiger partial charge in [-0.05, 0) is 24.1 Å². The van der Waals surface area contributed by atoms with Crippen molar-refractivity contribution in [2.45, 2.75) is 19.8 Å².